The van der Waals surface area contributed by atoms with Crippen LogP contribution in [0.5, 0.6) is 0 Å². The number of methoxy groups -OCH3 is 1. The van der Waals surface area contributed by atoms with Crippen LogP contribution in [0.2, 0.25) is 0 Å². The second-order valence-electron chi connectivity index (χ2n) is 5.70. The third kappa shape index (κ3) is 6.73. The summed E-state index contributed by atoms with van der Waals surface area (Å²) in [5.74, 6) is 2.28. The van der Waals surface area contributed by atoms with Crippen LogP contribution >= 0.6 is 0 Å². The average Bonchev–Trinajstić information content (AvgIpc) is 2.49. The highest BCUT2D eigenvalue weighted by Gasteiger charge is 2.17. The fourth-order valence-corrected chi connectivity index (χ4v) is 1.77. The summed E-state index contributed by atoms with van der Waals surface area (Å²) >= 11 is 0. The van der Waals surface area contributed by atoms with E-state index in [1.54, 1.807) is 7.11 Å². The molecule has 21 heavy (non-hydrogen) atoms. The smallest absolute Gasteiger partial charge is 0.158 e. The van der Waals surface area contributed by atoms with E-state index in [0.29, 0.717) is 19.0 Å². The lowest BCUT2D eigenvalue weighted by atomic mass is 9.90. The summed E-state index contributed by atoms with van der Waals surface area (Å²) in [4.78, 5) is 8.86. The zero-order valence-electron chi connectivity index (χ0n) is 13.8. The summed E-state index contributed by atoms with van der Waals surface area (Å²) < 4.78 is 10.5. The minimum atomic E-state index is 0.140. The predicted octanol–water partition coefficient (Wildman–Crippen LogP) is 2.53. The van der Waals surface area contributed by atoms with Crippen LogP contribution in [0.15, 0.2) is 6.07 Å². The molecule has 0 radical (unpaired) electrons. The molecule has 0 amide bonds. The van der Waals surface area contributed by atoms with Gasteiger partial charge in [0.15, 0.2) is 5.82 Å². The van der Waals surface area contributed by atoms with Gasteiger partial charge in [-0.2, -0.15) is 0 Å². The van der Waals surface area contributed by atoms with Crippen molar-refractivity contribution in [3.63, 3.8) is 0 Å². The first-order chi connectivity index (χ1) is 10.0. The van der Waals surface area contributed by atoms with Gasteiger partial charge >= 0.3 is 0 Å². The van der Waals surface area contributed by atoms with E-state index in [-0.39, 0.29) is 5.41 Å². The highest BCUT2D eigenvalue weighted by atomic mass is 16.5. The van der Waals surface area contributed by atoms with Crippen molar-refractivity contribution in [2.24, 2.45) is 5.41 Å². The summed E-state index contributed by atoms with van der Waals surface area (Å²) in [5, 5.41) is 6.43. The molecule has 0 saturated heterocycles. The Morgan fingerprint density at radius 3 is 2.57 bits per heavy atom. The van der Waals surface area contributed by atoms with Crippen LogP contribution in [-0.4, -0.2) is 43.9 Å². The maximum absolute atomic E-state index is 5.38. The van der Waals surface area contributed by atoms with E-state index in [2.05, 4.69) is 34.4 Å². The Morgan fingerprint density at radius 2 is 1.95 bits per heavy atom. The molecule has 2 N–H and O–H groups in total. The fourth-order valence-electron chi connectivity index (χ4n) is 1.77. The molecule has 0 atom stereocenters. The molecule has 0 aromatic carbocycles. The zero-order chi connectivity index (χ0) is 15.7. The molecule has 0 unspecified atom stereocenters. The van der Waals surface area contributed by atoms with Gasteiger partial charge in [0, 0.05) is 40.0 Å². The molecule has 0 saturated carbocycles. The van der Waals surface area contributed by atoms with Crippen molar-refractivity contribution in [2.45, 2.75) is 33.8 Å². The van der Waals surface area contributed by atoms with Gasteiger partial charge in [-0.1, -0.05) is 13.8 Å². The number of ether oxygens (including phenoxy) is 2. The number of nitrogens with zero attached hydrogens (tertiary/aromatic N) is 2. The Morgan fingerprint density at radius 1 is 1.24 bits per heavy atom. The summed E-state index contributed by atoms with van der Waals surface area (Å²) in [6.45, 7) is 9.04. The van der Waals surface area contributed by atoms with Crippen LogP contribution in [0.1, 0.15) is 33.0 Å². The first kappa shape index (κ1) is 17.7. The maximum Gasteiger partial charge on any atom is 0.158 e. The summed E-state index contributed by atoms with van der Waals surface area (Å²) in [6.07, 6.45) is 0.992. The van der Waals surface area contributed by atoms with Gasteiger partial charge in [0.05, 0.1) is 0 Å². The molecule has 6 heteroatoms. The molecular weight excluding hydrogens is 268 g/mol. The molecule has 1 aromatic heterocycles. The summed E-state index contributed by atoms with van der Waals surface area (Å²) in [6, 6.07) is 1.90. The van der Waals surface area contributed by atoms with E-state index in [4.69, 9.17) is 9.47 Å². The van der Waals surface area contributed by atoms with Crippen LogP contribution in [0.3, 0.4) is 0 Å². The maximum atomic E-state index is 5.38. The quantitative estimate of drug-likeness (QED) is 0.691. The molecule has 0 fully saturated rings. The second kappa shape index (κ2) is 8.79. The molecule has 1 heterocycles. The van der Waals surface area contributed by atoms with Crippen molar-refractivity contribution in [1.29, 1.82) is 0 Å². The summed E-state index contributed by atoms with van der Waals surface area (Å²) in [7, 11) is 3.58. The van der Waals surface area contributed by atoms with E-state index in [0.717, 1.165) is 31.2 Å². The first-order valence-electron chi connectivity index (χ1n) is 7.37. The third-order valence-corrected chi connectivity index (χ3v) is 3.19. The van der Waals surface area contributed by atoms with Gasteiger partial charge in [-0.15, -0.1) is 0 Å². The zero-order valence-corrected chi connectivity index (χ0v) is 13.8. The van der Waals surface area contributed by atoms with Gasteiger partial charge in [0.25, 0.3) is 0 Å². The van der Waals surface area contributed by atoms with Crippen molar-refractivity contribution >= 4 is 11.6 Å². The molecule has 1 aromatic rings. The van der Waals surface area contributed by atoms with Gasteiger partial charge in [-0.25, -0.2) is 9.97 Å². The Bertz CT molecular complexity index is 424. The predicted molar refractivity (Wildman–Crippen MR) is 85.7 cm³/mol. The minimum absolute atomic E-state index is 0.140. The minimum Gasteiger partial charge on any atom is -0.385 e. The Labute approximate surface area is 127 Å². The van der Waals surface area contributed by atoms with E-state index in [1.807, 2.05) is 20.0 Å². The molecule has 120 valence electrons. The van der Waals surface area contributed by atoms with Crippen LogP contribution in [0.25, 0.3) is 0 Å². The lowest BCUT2D eigenvalue weighted by molar-refractivity contribution is 0.128. The third-order valence-electron chi connectivity index (χ3n) is 3.19. The molecule has 0 aliphatic rings. The number of rotatable bonds is 10. The standard InChI is InChI=1S/C15H28N4O2/c1-6-21-10-14-18-12(16-4)9-13(19-14)17-11-15(2,3)7-8-20-5/h9H,6-8,10-11H2,1-5H3,(H2,16,17,18,19). The SMILES string of the molecule is CCOCc1nc(NC)cc(NCC(C)(C)CCOC)n1. The fraction of sp³-hybridized carbons (Fsp3) is 0.733. The van der Waals surface area contributed by atoms with Crippen molar-refractivity contribution in [3.05, 3.63) is 11.9 Å². The van der Waals surface area contributed by atoms with Crippen molar-refractivity contribution in [1.82, 2.24) is 9.97 Å². The number of nitrogens with one attached hydrogen (secondary N) is 2. The summed E-state index contributed by atoms with van der Waals surface area (Å²) in [5.41, 5.74) is 0.140. The van der Waals surface area contributed by atoms with E-state index >= 15 is 0 Å². The second-order valence-corrected chi connectivity index (χ2v) is 5.70. The van der Waals surface area contributed by atoms with Gasteiger partial charge in [0.2, 0.25) is 0 Å². The van der Waals surface area contributed by atoms with Crippen molar-refractivity contribution < 1.29 is 9.47 Å². The molecule has 1 rings (SSSR count). The normalized spacial score (nSPS) is 11.5. The lowest BCUT2D eigenvalue weighted by Gasteiger charge is -2.25. The molecule has 0 spiro atoms. The molecular formula is C15H28N4O2. The number of hydrogen-bond donors (Lipinski definition) is 2. The Hall–Kier alpha value is -1.40. The highest BCUT2D eigenvalue weighted by Crippen LogP contribution is 2.21. The van der Waals surface area contributed by atoms with Gasteiger partial charge in [-0.05, 0) is 18.8 Å². The first-order valence-corrected chi connectivity index (χ1v) is 7.37. The molecule has 6 nitrogen and oxygen atoms in total. The largest absolute Gasteiger partial charge is 0.385 e. The van der Waals surface area contributed by atoms with Gasteiger partial charge in [0.1, 0.15) is 18.2 Å². The van der Waals surface area contributed by atoms with Crippen LogP contribution in [0.4, 0.5) is 11.6 Å². The molecule has 0 bridgehead atoms. The number of hydrogen-bond acceptors (Lipinski definition) is 6. The number of aromatic nitrogens is 2. The van der Waals surface area contributed by atoms with Gasteiger partial charge < -0.3 is 20.1 Å². The Kier molecular flexibility index (Phi) is 7.39. The van der Waals surface area contributed by atoms with Crippen LogP contribution in [-0.2, 0) is 16.1 Å². The average molecular weight is 296 g/mol. The molecule has 0 aliphatic heterocycles. The topological polar surface area (TPSA) is 68.3 Å². The Balaban J connectivity index is 2.68. The van der Waals surface area contributed by atoms with Crippen molar-refractivity contribution in [3.8, 4) is 0 Å². The molecule has 0 aliphatic carbocycles. The van der Waals surface area contributed by atoms with E-state index < -0.39 is 0 Å². The highest BCUT2D eigenvalue weighted by molar-refractivity contribution is 5.47. The monoisotopic (exact) mass is 296 g/mol. The van der Waals surface area contributed by atoms with Crippen LogP contribution < -0.4 is 10.6 Å². The number of anilines is 2. The van der Waals surface area contributed by atoms with Gasteiger partial charge in [-0.3, -0.25) is 0 Å². The van der Waals surface area contributed by atoms with Crippen LogP contribution in [0, 0.1) is 5.41 Å². The van der Waals surface area contributed by atoms with E-state index in [9.17, 15) is 0 Å². The lowest BCUT2D eigenvalue weighted by Crippen LogP contribution is -2.25. The van der Waals surface area contributed by atoms with E-state index in [1.165, 1.54) is 0 Å². The van der Waals surface area contributed by atoms with Crippen molar-refractivity contribution in [2.75, 3.05) is 44.5 Å².